The van der Waals surface area contributed by atoms with E-state index in [-0.39, 0.29) is 4.90 Å². The van der Waals surface area contributed by atoms with E-state index in [9.17, 15) is 8.42 Å². The molecule has 0 fully saturated rings. The molecule has 1 heterocycles. The van der Waals surface area contributed by atoms with E-state index in [2.05, 4.69) is 20.7 Å². The minimum atomic E-state index is -3.82. The Kier molecular flexibility index (Phi) is 5.28. The van der Waals surface area contributed by atoms with Crippen LogP contribution in [0.25, 0.3) is 0 Å². The van der Waals surface area contributed by atoms with Crippen LogP contribution in [0.15, 0.2) is 76.1 Å². The van der Waals surface area contributed by atoms with Crippen LogP contribution in [0.2, 0.25) is 0 Å². The van der Waals surface area contributed by atoms with E-state index in [0.717, 1.165) is 11.1 Å². The van der Waals surface area contributed by atoms with Crippen molar-refractivity contribution in [2.45, 2.75) is 11.3 Å². The summed E-state index contributed by atoms with van der Waals surface area (Å²) in [6.07, 6.45) is 0.627. The first kappa shape index (κ1) is 18.8. The molecule has 0 radical (unpaired) electrons. The third-order valence-electron chi connectivity index (χ3n) is 4.39. The molecule has 1 aliphatic rings. The van der Waals surface area contributed by atoms with Crippen molar-refractivity contribution in [1.82, 2.24) is 0 Å². The number of nitrogens with one attached hydrogen (secondary N) is 1. The van der Waals surface area contributed by atoms with Crippen molar-refractivity contribution in [3.8, 4) is 11.5 Å². The number of sulfonamides is 1. The third-order valence-corrected chi connectivity index (χ3v) is 6.71. The molecular weight excluding hydrogens is 442 g/mol. The quantitative estimate of drug-likeness (QED) is 0.604. The lowest BCUT2D eigenvalue weighted by Gasteiger charge is -2.20. The van der Waals surface area contributed by atoms with Gasteiger partial charge in [-0.3, -0.25) is 4.72 Å². The highest BCUT2D eigenvalue weighted by Gasteiger charge is 2.24. The first-order valence-electron chi connectivity index (χ1n) is 8.77. The first-order chi connectivity index (χ1) is 13.5. The highest BCUT2D eigenvalue weighted by atomic mass is 79.9. The van der Waals surface area contributed by atoms with Crippen molar-refractivity contribution in [2.24, 2.45) is 0 Å². The normalized spacial score (nSPS) is 13.2. The molecule has 144 valence electrons. The van der Waals surface area contributed by atoms with Crippen molar-refractivity contribution in [3.05, 3.63) is 82.3 Å². The second kappa shape index (κ2) is 7.85. The number of fused-ring (bicyclic) bond motifs is 1. The van der Waals surface area contributed by atoms with E-state index in [1.54, 1.807) is 12.1 Å². The predicted molar refractivity (Wildman–Crippen MR) is 112 cm³/mol. The highest BCUT2D eigenvalue weighted by Crippen LogP contribution is 2.38. The second-order valence-electron chi connectivity index (χ2n) is 6.35. The van der Waals surface area contributed by atoms with Gasteiger partial charge in [-0.05, 0) is 45.6 Å². The lowest BCUT2D eigenvalue weighted by atomic mass is 10.0. The Hall–Kier alpha value is -2.51. The number of rotatable bonds is 5. The number of benzene rings is 3. The van der Waals surface area contributed by atoms with Crippen LogP contribution in [0.5, 0.6) is 11.5 Å². The molecule has 0 aliphatic carbocycles. The van der Waals surface area contributed by atoms with Crippen LogP contribution in [-0.4, -0.2) is 21.6 Å². The van der Waals surface area contributed by atoms with E-state index >= 15 is 0 Å². The zero-order valence-electron chi connectivity index (χ0n) is 14.9. The molecule has 3 aromatic carbocycles. The number of halogens is 1. The summed E-state index contributed by atoms with van der Waals surface area (Å²) in [7, 11) is -3.82. The lowest BCUT2D eigenvalue weighted by molar-refractivity contribution is 0.171. The van der Waals surface area contributed by atoms with Gasteiger partial charge in [-0.25, -0.2) is 8.42 Å². The summed E-state index contributed by atoms with van der Waals surface area (Å²) < 4.78 is 40.3. The summed E-state index contributed by atoms with van der Waals surface area (Å²) in [5, 5.41) is 0. The second-order valence-corrected chi connectivity index (χ2v) is 8.86. The molecule has 1 N–H and O–H groups in total. The Labute approximate surface area is 172 Å². The number of ether oxygens (including phenoxy) is 2. The Bertz CT molecular complexity index is 1100. The Morgan fingerprint density at radius 1 is 0.893 bits per heavy atom. The van der Waals surface area contributed by atoms with Gasteiger partial charge in [0.25, 0.3) is 10.0 Å². The van der Waals surface area contributed by atoms with Gasteiger partial charge in [0.05, 0.1) is 5.69 Å². The van der Waals surface area contributed by atoms with Gasteiger partial charge >= 0.3 is 0 Å². The molecule has 0 saturated heterocycles. The molecule has 7 heteroatoms. The molecule has 0 spiro atoms. The van der Waals surface area contributed by atoms with Crippen molar-refractivity contribution in [2.75, 3.05) is 17.9 Å². The van der Waals surface area contributed by atoms with Crippen LogP contribution < -0.4 is 14.2 Å². The van der Waals surface area contributed by atoms with Crippen molar-refractivity contribution in [1.29, 1.82) is 0 Å². The topological polar surface area (TPSA) is 64.6 Å². The lowest BCUT2D eigenvalue weighted by Crippen LogP contribution is -2.18. The van der Waals surface area contributed by atoms with E-state index in [1.807, 2.05) is 48.5 Å². The van der Waals surface area contributed by atoms with Crippen LogP contribution in [0.1, 0.15) is 11.1 Å². The number of anilines is 1. The minimum Gasteiger partial charge on any atom is -0.486 e. The molecule has 4 rings (SSSR count). The Morgan fingerprint density at radius 3 is 2.29 bits per heavy atom. The summed E-state index contributed by atoms with van der Waals surface area (Å²) in [5.74, 6) is 0.953. The van der Waals surface area contributed by atoms with Crippen LogP contribution >= 0.6 is 15.9 Å². The van der Waals surface area contributed by atoms with E-state index < -0.39 is 10.0 Å². The van der Waals surface area contributed by atoms with E-state index in [4.69, 9.17) is 9.47 Å². The van der Waals surface area contributed by atoms with Gasteiger partial charge in [0, 0.05) is 10.5 Å². The van der Waals surface area contributed by atoms with Gasteiger partial charge in [0.2, 0.25) is 0 Å². The fraction of sp³-hybridized carbons (Fsp3) is 0.143. The van der Waals surface area contributed by atoms with Gasteiger partial charge in [-0.1, -0.05) is 48.5 Å². The summed E-state index contributed by atoms with van der Waals surface area (Å²) in [5.41, 5.74) is 2.55. The summed E-state index contributed by atoms with van der Waals surface area (Å²) in [4.78, 5) is 0.103. The first-order valence-corrected chi connectivity index (χ1v) is 11.0. The maximum atomic E-state index is 13.1. The molecule has 0 bridgehead atoms. The molecule has 3 aromatic rings. The fourth-order valence-corrected chi connectivity index (χ4v) is 5.18. The standard InChI is InChI=1S/C21H18BrNO4S/c22-17-13-19-20(27-11-10-26-19)14-21(17)28(24,25)23-18-9-5-4-8-16(18)12-15-6-2-1-3-7-15/h1-9,13-14,23H,10-12H2. The average molecular weight is 460 g/mol. The Morgan fingerprint density at radius 2 is 1.54 bits per heavy atom. The SMILES string of the molecule is O=S(=O)(Nc1ccccc1Cc1ccccc1)c1cc2c(cc1Br)OCCO2. The van der Waals surface area contributed by atoms with E-state index in [0.29, 0.717) is 41.3 Å². The molecule has 28 heavy (non-hydrogen) atoms. The molecule has 0 atom stereocenters. The zero-order chi connectivity index (χ0) is 19.6. The number of hydrogen-bond acceptors (Lipinski definition) is 4. The molecule has 0 unspecified atom stereocenters. The molecule has 1 aliphatic heterocycles. The van der Waals surface area contributed by atoms with E-state index in [1.165, 1.54) is 6.07 Å². The summed E-state index contributed by atoms with van der Waals surface area (Å²) >= 11 is 3.34. The predicted octanol–water partition coefficient (Wildman–Crippen LogP) is 4.61. The van der Waals surface area contributed by atoms with Gasteiger partial charge in [0.1, 0.15) is 18.1 Å². The van der Waals surface area contributed by atoms with Crippen molar-refractivity contribution < 1.29 is 17.9 Å². The molecule has 0 aromatic heterocycles. The van der Waals surface area contributed by atoms with Crippen LogP contribution in [-0.2, 0) is 16.4 Å². The number of para-hydroxylation sites is 1. The van der Waals surface area contributed by atoms with Crippen molar-refractivity contribution in [3.63, 3.8) is 0 Å². The molecular formula is C21H18BrNO4S. The smallest absolute Gasteiger partial charge is 0.263 e. The zero-order valence-corrected chi connectivity index (χ0v) is 17.3. The summed E-state index contributed by atoms with van der Waals surface area (Å²) in [6.45, 7) is 0.831. The largest absolute Gasteiger partial charge is 0.486 e. The average Bonchev–Trinajstić information content (AvgIpc) is 2.69. The summed E-state index contributed by atoms with van der Waals surface area (Å²) in [6, 6.07) is 20.4. The number of hydrogen-bond donors (Lipinski definition) is 1. The maximum absolute atomic E-state index is 13.1. The minimum absolute atomic E-state index is 0.103. The Balaban J connectivity index is 1.66. The molecule has 5 nitrogen and oxygen atoms in total. The fourth-order valence-electron chi connectivity index (χ4n) is 3.04. The third kappa shape index (κ3) is 4.00. The van der Waals surface area contributed by atoms with Gasteiger partial charge in [-0.15, -0.1) is 0 Å². The van der Waals surface area contributed by atoms with Crippen LogP contribution in [0.3, 0.4) is 0 Å². The van der Waals surface area contributed by atoms with Crippen LogP contribution in [0.4, 0.5) is 5.69 Å². The van der Waals surface area contributed by atoms with Gasteiger partial charge in [-0.2, -0.15) is 0 Å². The van der Waals surface area contributed by atoms with Gasteiger partial charge < -0.3 is 9.47 Å². The monoisotopic (exact) mass is 459 g/mol. The van der Waals surface area contributed by atoms with Crippen molar-refractivity contribution >= 4 is 31.6 Å². The maximum Gasteiger partial charge on any atom is 0.263 e. The molecule has 0 amide bonds. The highest BCUT2D eigenvalue weighted by molar-refractivity contribution is 9.10. The van der Waals surface area contributed by atoms with Gasteiger partial charge in [0.15, 0.2) is 11.5 Å². The van der Waals surface area contributed by atoms with Crippen LogP contribution in [0, 0.1) is 0 Å². The molecule has 0 saturated carbocycles.